The largest absolute Gasteiger partial charge is 0.493 e. The molecule has 1 N–H and O–H groups in total. The molecule has 0 amide bonds. The van der Waals surface area contributed by atoms with Crippen LogP contribution in [0.5, 0.6) is 11.5 Å². The summed E-state index contributed by atoms with van der Waals surface area (Å²) in [6, 6.07) is 4.37. The van der Waals surface area contributed by atoms with E-state index >= 15 is 0 Å². The lowest BCUT2D eigenvalue weighted by molar-refractivity contribution is -0.142. The molecule has 2 aliphatic heterocycles. The fourth-order valence-electron chi connectivity index (χ4n) is 4.40. The van der Waals surface area contributed by atoms with Crippen molar-refractivity contribution in [3.05, 3.63) is 30.2 Å². The van der Waals surface area contributed by atoms with Crippen LogP contribution in [0.1, 0.15) is 31.4 Å². The first kappa shape index (κ1) is 24.6. The fraction of sp³-hybridized carbons (Fsp3) is 0.542. The summed E-state index contributed by atoms with van der Waals surface area (Å²) in [4.78, 5) is 10.9. The highest BCUT2D eigenvalue weighted by Gasteiger charge is 2.35. The van der Waals surface area contributed by atoms with Crippen molar-refractivity contribution < 1.29 is 31.9 Å². The third-order valence-corrected chi connectivity index (χ3v) is 6.50. The van der Waals surface area contributed by atoms with Gasteiger partial charge in [-0.15, -0.1) is 0 Å². The van der Waals surface area contributed by atoms with E-state index in [4.69, 9.17) is 18.7 Å². The van der Waals surface area contributed by atoms with Crippen molar-refractivity contribution >= 4 is 22.6 Å². The molecule has 9 nitrogen and oxygen atoms in total. The van der Waals surface area contributed by atoms with Gasteiger partial charge in [0, 0.05) is 31.0 Å². The summed E-state index contributed by atoms with van der Waals surface area (Å²) < 4.78 is 61.7. The summed E-state index contributed by atoms with van der Waals surface area (Å²) in [5.41, 5.74) is -0.599. The standard InChI is InChI=1S/C24H28F3N5O4/c1-32-6-2-15(3-7-32)13-34-17-10-18-22(19(11-17)35-16-4-8-33-9-5-16)23(29-14-28-18)30-21-12-20(31-36-21)24(25,26)27/h10-12,14-16H,2-9,13H2,1H3,(H,28,29,30). The second kappa shape index (κ2) is 10.5. The van der Waals surface area contributed by atoms with Crippen LogP contribution in [0.3, 0.4) is 0 Å². The van der Waals surface area contributed by atoms with Crippen LogP contribution in [0, 0.1) is 5.92 Å². The van der Waals surface area contributed by atoms with Gasteiger partial charge in [0.05, 0.1) is 30.7 Å². The zero-order valence-electron chi connectivity index (χ0n) is 19.9. The van der Waals surface area contributed by atoms with E-state index in [1.54, 1.807) is 12.1 Å². The third kappa shape index (κ3) is 5.81. The molecule has 2 aromatic heterocycles. The Morgan fingerprint density at radius 1 is 1.08 bits per heavy atom. The van der Waals surface area contributed by atoms with Crippen molar-refractivity contribution in [3.8, 4) is 11.5 Å². The Hall–Kier alpha value is -3.12. The van der Waals surface area contributed by atoms with Gasteiger partial charge in [0.2, 0.25) is 5.88 Å². The average Bonchev–Trinajstić information content (AvgIpc) is 3.34. The predicted octanol–water partition coefficient (Wildman–Crippen LogP) is 4.66. The van der Waals surface area contributed by atoms with Gasteiger partial charge in [-0.25, -0.2) is 9.97 Å². The number of alkyl halides is 3. The minimum Gasteiger partial charge on any atom is -0.493 e. The van der Waals surface area contributed by atoms with Crippen LogP contribution >= 0.6 is 0 Å². The van der Waals surface area contributed by atoms with Crippen LogP contribution < -0.4 is 14.8 Å². The molecule has 2 saturated heterocycles. The number of fused-ring (bicyclic) bond motifs is 1. The second-order valence-electron chi connectivity index (χ2n) is 9.22. The SMILES string of the molecule is CN1CCC(COc2cc(OC3CCOCC3)c3c(Nc4cc(C(F)(F)F)no4)ncnc3c2)CC1. The van der Waals surface area contributed by atoms with Gasteiger partial charge in [-0.05, 0) is 38.9 Å². The van der Waals surface area contributed by atoms with Crippen LogP contribution in [0.15, 0.2) is 29.0 Å². The number of aromatic nitrogens is 3. The first-order valence-electron chi connectivity index (χ1n) is 12.0. The number of piperidine rings is 1. The maximum atomic E-state index is 13.0. The van der Waals surface area contributed by atoms with E-state index in [0.29, 0.717) is 48.1 Å². The Morgan fingerprint density at radius 3 is 2.58 bits per heavy atom. The van der Waals surface area contributed by atoms with Gasteiger partial charge in [-0.3, -0.25) is 0 Å². The summed E-state index contributed by atoms with van der Waals surface area (Å²) in [5.74, 6) is 1.62. The molecule has 1 aromatic carbocycles. The number of benzene rings is 1. The number of nitrogens with one attached hydrogen (secondary N) is 1. The second-order valence-corrected chi connectivity index (χ2v) is 9.22. The molecule has 12 heteroatoms. The summed E-state index contributed by atoms with van der Waals surface area (Å²) in [5, 5.41) is 6.40. The Balaban J connectivity index is 1.43. The molecule has 0 aliphatic carbocycles. The number of hydrogen-bond acceptors (Lipinski definition) is 9. The number of halogens is 3. The van der Waals surface area contributed by atoms with Crippen molar-refractivity contribution in [2.24, 2.45) is 5.92 Å². The molecule has 0 spiro atoms. The predicted molar refractivity (Wildman–Crippen MR) is 125 cm³/mol. The van der Waals surface area contributed by atoms with Gasteiger partial charge in [0.25, 0.3) is 0 Å². The highest BCUT2D eigenvalue weighted by Crippen LogP contribution is 2.38. The van der Waals surface area contributed by atoms with E-state index in [0.717, 1.165) is 44.8 Å². The summed E-state index contributed by atoms with van der Waals surface area (Å²) in [7, 11) is 2.12. The lowest BCUT2D eigenvalue weighted by Gasteiger charge is -2.29. The molecule has 0 atom stereocenters. The molecule has 2 aliphatic rings. The van der Waals surface area contributed by atoms with Crippen LogP contribution in [0.25, 0.3) is 10.9 Å². The number of ether oxygens (including phenoxy) is 3. The third-order valence-electron chi connectivity index (χ3n) is 6.50. The number of rotatable bonds is 7. The number of hydrogen-bond donors (Lipinski definition) is 1. The Labute approximate surface area is 205 Å². The van der Waals surface area contributed by atoms with Crippen molar-refractivity contribution in [2.75, 3.05) is 45.3 Å². The highest BCUT2D eigenvalue weighted by molar-refractivity contribution is 5.96. The first-order valence-corrected chi connectivity index (χ1v) is 12.0. The Morgan fingerprint density at radius 2 is 1.86 bits per heavy atom. The zero-order chi connectivity index (χ0) is 25.1. The van der Waals surface area contributed by atoms with Gasteiger partial charge < -0.3 is 29.0 Å². The van der Waals surface area contributed by atoms with Gasteiger partial charge in [0.15, 0.2) is 5.69 Å². The summed E-state index contributed by atoms with van der Waals surface area (Å²) in [6.07, 6.45) is 0.206. The van der Waals surface area contributed by atoms with E-state index in [1.807, 2.05) is 0 Å². The molecule has 0 bridgehead atoms. The molecule has 0 saturated carbocycles. The van der Waals surface area contributed by atoms with Crippen LogP contribution in [-0.4, -0.2) is 66.1 Å². The highest BCUT2D eigenvalue weighted by atomic mass is 19.4. The smallest absolute Gasteiger partial charge is 0.436 e. The Bertz CT molecular complexity index is 1170. The zero-order valence-corrected chi connectivity index (χ0v) is 19.9. The van der Waals surface area contributed by atoms with E-state index in [1.165, 1.54) is 6.33 Å². The molecule has 36 heavy (non-hydrogen) atoms. The lowest BCUT2D eigenvalue weighted by atomic mass is 9.98. The van der Waals surface area contributed by atoms with E-state index < -0.39 is 11.9 Å². The molecular formula is C24H28F3N5O4. The van der Waals surface area contributed by atoms with Gasteiger partial charge in [-0.1, -0.05) is 5.16 Å². The van der Waals surface area contributed by atoms with E-state index in [2.05, 4.69) is 32.4 Å². The van der Waals surface area contributed by atoms with Crippen LogP contribution in [-0.2, 0) is 10.9 Å². The van der Waals surface area contributed by atoms with Crippen molar-refractivity contribution in [2.45, 2.75) is 38.0 Å². The quantitative estimate of drug-likeness (QED) is 0.490. The van der Waals surface area contributed by atoms with Crippen molar-refractivity contribution in [1.29, 1.82) is 0 Å². The monoisotopic (exact) mass is 507 g/mol. The van der Waals surface area contributed by atoms with Crippen molar-refractivity contribution in [3.63, 3.8) is 0 Å². The van der Waals surface area contributed by atoms with Crippen LogP contribution in [0.2, 0.25) is 0 Å². The van der Waals surface area contributed by atoms with E-state index in [9.17, 15) is 13.2 Å². The summed E-state index contributed by atoms with van der Waals surface area (Å²) in [6.45, 7) is 3.86. The molecule has 5 rings (SSSR count). The molecule has 2 fully saturated rings. The molecule has 194 valence electrons. The van der Waals surface area contributed by atoms with Gasteiger partial charge >= 0.3 is 6.18 Å². The average molecular weight is 508 g/mol. The number of likely N-dealkylation sites (tertiary alicyclic amines) is 1. The van der Waals surface area contributed by atoms with Crippen molar-refractivity contribution in [1.82, 2.24) is 20.0 Å². The molecule has 0 unspecified atom stereocenters. The molecule has 3 aromatic rings. The van der Waals surface area contributed by atoms with Gasteiger partial charge in [-0.2, -0.15) is 13.2 Å². The minimum absolute atomic E-state index is 0.0822. The van der Waals surface area contributed by atoms with E-state index in [-0.39, 0.29) is 17.8 Å². The first-order chi connectivity index (χ1) is 17.3. The van der Waals surface area contributed by atoms with Crippen LogP contribution in [0.4, 0.5) is 24.9 Å². The minimum atomic E-state index is -4.62. The normalized spacial score (nSPS) is 18.4. The summed E-state index contributed by atoms with van der Waals surface area (Å²) >= 11 is 0. The molecule has 0 radical (unpaired) electrons. The van der Waals surface area contributed by atoms with Gasteiger partial charge in [0.1, 0.15) is 29.7 Å². The number of nitrogens with zero attached hydrogens (tertiary/aromatic N) is 4. The fourth-order valence-corrected chi connectivity index (χ4v) is 4.40. The Kier molecular flexibility index (Phi) is 7.15. The molecular weight excluding hydrogens is 479 g/mol. The maximum absolute atomic E-state index is 13.0. The number of anilines is 2. The molecule has 4 heterocycles. The lowest BCUT2D eigenvalue weighted by Crippen LogP contribution is -2.32. The maximum Gasteiger partial charge on any atom is 0.436 e. The topological polar surface area (TPSA) is 94.8 Å².